The SMILES string of the molecule is COc1ccc([C@H](O)C[C@@H](C)CC(C)(C)C)c(Cl)c1. The van der Waals surface area contributed by atoms with E-state index in [2.05, 4.69) is 27.7 Å². The number of methoxy groups -OCH3 is 1. The molecule has 0 heterocycles. The number of rotatable bonds is 5. The van der Waals surface area contributed by atoms with E-state index in [9.17, 15) is 5.11 Å². The predicted molar refractivity (Wildman–Crippen MR) is 80.8 cm³/mol. The minimum Gasteiger partial charge on any atom is -0.497 e. The Kier molecular flexibility index (Phi) is 5.69. The number of halogens is 1. The molecule has 0 unspecified atom stereocenters. The molecule has 0 bridgehead atoms. The molecule has 1 N–H and O–H groups in total. The Morgan fingerprint density at radius 2 is 1.95 bits per heavy atom. The maximum absolute atomic E-state index is 10.3. The Hall–Kier alpha value is -0.730. The van der Waals surface area contributed by atoms with Crippen LogP contribution in [0.3, 0.4) is 0 Å². The minimum atomic E-state index is -0.518. The van der Waals surface area contributed by atoms with Crippen LogP contribution in [0.15, 0.2) is 18.2 Å². The van der Waals surface area contributed by atoms with Gasteiger partial charge in [-0.2, -0.15) is 0 Å². The van der Waals surface area contributed by atoms with Crippen molar-refractivity contribution in [1.82, 2.24) is 0 Å². The van der Waals surface area contributed by atoms with E-state index in [0.29, 0.717) is 16.7 Å². The molecule has 1 aromatic carbocycles. The summed E-state index contributed by atoms with van der Waals surface area (Å²) >= 11 is 6.18. The van der Waals surface area contributed by atoms with Gasteiger partial charge >= 0.3 is 0 Å². The van der Waals surface area contributed by atoms with Gasteiger partial charge in [-0.3, -0.25) is 0 Å². The van der Waals surface area contributed by atoms with Gasteiger partial charge in [-0.25, -0.2) is 0 Å². The van der Waals surface area contributed by atoms with Crippen molar-refractivity contribution in [2.24, 2.45) is 11.3 Å². The topological polar surface area (TPSA) is 29.5 Å². The molecule has 108 valence electrons. The first-order valence-corrected chi connectivity index (χ1v) is 7.12. The Balaban J connectivity index is 2.70. The van der Waals surface area contributed by atoms with E-state index in [1.165, 1.54) is 0 Å². The summed E-state index contributed by atoms with van der Waals surface area (Å²) in [4.78, 5) is 0. The van der Waals surface area contributed by atoms with Crippen molar-refractivity contribution in [1.29, 1.82) is 0 Å². The molecule has 0 aliphatic heterocycles. The fourth-order valence-electron chi connectivity index (χ4n) is 2.54. The number of aliphatic hydroxyl groups excluding tert-OH is 1. The maximum atomic E-state index is 10.3. The number of benzene rings is 1. The second-order valence-corrected chi connectivity index (χ2v) is 6.92. The van der Waals surface area contributed by atoms with E-state index in [-0.39, 0.29) is 5.41 Å². The van der Waals surface area contributed by atoms with Gasteiger partial charge < -0.3 is 9.84 Å². The lowest BCUT2D eigenvalue weighted by atomic mass is 9.82. The zero-order valence-corrected chi connectivity index (χ0v) is 13.3. The molecule has 0 amide bonds. The Morgan fingerprint density at radius 3 is 2.42 bits per heavy atom. The van der Waals surface area contributed by atoms with Crippen molar-refractivity contribution in [2.75, 3.05) is 7.11 Å². The van der Waals surface area contributed by atoms with Gasteiger partial charge in [-0.05, 0) is 41.9 Å². The van der Waals surface area contributed by atoms with Crippen molar-refractivity contribution in [3.8, 4) is 5.75 Å². The summed E-state index contributed by atoms with van der Waals surface area (Å²) in [6.07, 6.45) is 1.29. The van der Waals surface area contributed by atoms with E-state index in [0.717, 1.165) is 18.4 Å². The molecule has 0 radical (unpaired) electrons. The average molecular weight is 285 g/mol. The molecule has 3 heteroatoms. The summed E-state index contributed by atoms with van der Waals surface area (Å²) in [7, 11) is 1.60. The number of aliphatic hydroxyl groups is 1. The Morgan fingerprint density at radius 1 is 1.32 bits per heavy atom. The third-order valence-corrected chi connectivity index (χ3v) is 3.48. The largest absolute Gasteiger partial charge is 0.497 e. The van der Waals surface area contributed by atoms with Gasteiger partial charge in [0.05, 0.1) is 18.2 Å². The van der Waals surface area contributed by atoms with Gasteiger partial charge in [0.2, 0.25) is 0 Å². The van der Waals surface area contributed by atoms with E-state index in [1.807, 2.05) is 12.1 Å². The van der Waals surface area contributed by atoms with Crippen molar-refractivity contribution >= 4 is 11.6 Å². The van der Waals surface area contributed by atoms with Gasteiger partial charge in [-0.1, -0.05) is 45.4 Å². The fourth-order valence-corrected chi connectivity index (χ4v) is 2.84. The van der Waals surface area contributed by atoms with Gasteiger partial charge in [0.25, 0.3) is 0 Å². The van der Waals surface area contributed by atoms with Crippen LogP contribution in [-0.2, 0) is 0 Å². The van der Waals surface area contributed by atoms with Gasteiger partial charge in [-0.15, -0.1) is 0 Å². The normalized spacial score (nSPS) is 15.1. The van der Waals surface area contributed by atoms with Crippen LogP contribution in [0.25, 0.3) is 0 Å². The van der Waals surface area contributed by atoms with Crippen LogP contribution in [0.4, 0.5) is 0 Å². The predicted octanol–water partition coefficient (Wildman–Crippen LogP) is 4.84. The molecule has 0 saturated heterocycles. The van der Waals surface area contributed by atoms with E-state index >= 15 is 0 Å². The monoisotopic (exact) mass is 284 g/mol. The first kappa shape index (κ1) is 16.3. The zero-order chi connectivity index (χ0) is 14.6. The number of hydrogen-bond donors (Lipinski definition) is 1. The first-order chi connectivity index (χ1) is 8.73. The van der Waals surface area contributed by atoms with E-state index in [1.54, 1.807) is 13.2 Å². The van der Waals surface area contributed by atoms with Crippen LogP contribution < -0.4 is 4.74 Å². The highest BCUT2D eigenvalue weighted by Gasteiger charge is 2.20. The van der Waals surface area contributed by atoms with Crippen LogP contribution in [0.1, 0.15) is 52.2 Å². The Labute approximate surface area is 121 Å². The molecule has 2 nitrogen and oxygen atoms in total. The first-order valence-electron chi connectivity index (χ1n) is 6.74. The van der Waals surface area contributed by atoms with Crippen LogP contribution in [0.2, 0.25) is 5.02 Å². The fraction of sp³-hybridized carbons (Fsp3) is 0.625. The summed E-state index contributed by atoms with van der Waals surface area (Å²) in [5, 5.41) is 10.9. The molecule has 2 atom stereocenters. The number of ether oxygens (including phenoxy) is 1. The molecule has 0 aliphatic rings. The summed E-state index contributed by atoms with van der Waals surface area (Å²) in [6, 6.07) is 5.42. The highest BCUT2D eigenvalue weighted by atomic mass is 35.5. The van der Waals surface area contributed by atoms with Crippen LogP contribution in [0.5, 0.6) is 5.75 Å². The van der Waals surface area contributed by atoms with Crippen molar-refractivity contribution in [3.05, 3.63) is 28.8 Å². The zero-order valence-electron chi connectivity index (χ0n) is 12.5. The lowest BCUT2D eigenvalue weighted by Gasteiger charge is -2.25. The summed E-state index contributed by atoms with van der Waals surface area (Å²) in [6.45, 7) is 8.83. The highest BCUT2D eigenvalue weighted by Crippen LogP contribution is 2.34. The molecular weight excluding hydrogens is 260 g/mol. The molecule has 0 aliphatic carbocycles. The highest BCUT2D eigenvalue weighted by molar-refractivity contribution is 6.31. The molecule has 1 rings (SSSR count). The lowest BCUT2D eigenvalue weighted by molar-refractivity contribution is 0.134. The number of hydrogen-bond acceptors (Lipinski definition) is 2. The summed E-state index contributed by atoms with van der Waals surface area (Å²) < 4.78 is 5.11. The van der Waals surface area contributed by atoms with E-state index < -0.39 is 6.10 Å². The quantitative estimate of drug-likeness (QED) is 0.838. The second-order valence-electron chi connectivity index (χ2n) is 6.51. The lowest BCUT2D eigenvalue weighted by Crippen LogP contribution is -2.13. The molecule has 19 heavy (non-hydrogen) atoms. The molecule has 1 aromatic rings. The minimum absolute atomic E-state index is 0.281. The average Bonchev–Trinajstić information content (AvgIpc) is 2.25. The third kappa shape index (κ3) is 5.42. The molecule has 0 saturated carbocycles. The van der Waals surface area contributed by atoms with Crippen LogP contribution in [-0.4, -0.2) is 12.2 Å². The molecule has 0 spiro atoms. The third-order valence-electron chi connectivity index (χ3n) is 3.15. The second kappa shape index (κ2) is 6.62. The van der Waals surface area contributed by atoms with Gasteiger partial charge in [0, 0.05) is 0 Å². The summed E-state index contributed by atoms with van der Waals surface area (Å²) in [5.41, 5.74) is 1.06. The van der Waals surface area contributed by atoms with Crippen LogP contribution >= 0.6 is 11.6 Å². The van der Waals surface area contributed by atoms with Crippen LogP contribution in [0, 0.1) is 11.3 Å². The summed E-state index contributed by atoms with van der Waals surface area (Å²) in [5.74, 6) is 1.16. The molecular formula is C16H25ClO2. The van der Waals surface area contributed by atoms with Crippen molar-refractivity contribution < 1.29 is 9.84 Å². The Bertz CT molecular complexity index is 410. The van der Waals surface area contributed by atoms with Crippen molar-refractivity contribution in [2.45, 2.75) is 46.6 Å². The van der Waals surface area contributed by atoms with E-state index in [4.69, 9.17) is 16.3 Å². The maximum Gasteiger partial charge on any atom is 0.120 e. The smallest absolute Gasteiger partial charge is 0.120 e. The standard InChI is InChI=1S/C16H25ClO2/c1-11(10-16(2,3)4)8-15(18)13-7-6-12(19-5)9-14(13)17/h6-7,9,11,15,18H,8,10H2,1-5H3/t11-,15-/m1/s1. The molecule has 0 fully saturated rings. The van der Waals surface area contributed by atoms with Gasteiger partial charge in [0.1, 0.15) is 5.75 Å². The molecule has 0 aromatic heterocycles. The van der Waals surface area contributed by atoms with Gasteiger partial charge in [0.15, 0.2) is 0 Å². The van der Waals surface area contributed by atoms with Crippen molar-refractivity contribution in [3.63, 3.8) is 0 Å².